The third kappa shape index (κ3) is 4.22. The highest BCUT2D eigenvalue weighted by Crippen LogP contribution is 2.49. The van der Waals surface area contributed by atoms with Crippen molar-refractivity contribution in [3.63, 3.8) is 0 Å². The van der Waals surface area contributed by atoms with Crippen LogP contribution in [0.15, 0.2) is 0 Å². The summed E-state index contributed by atoms with van der Waals surface area (Å²) in [6, 6.07) is -1.16. The van der Waals surface area contributed by atoms with Crippen molar-refractivity contribution in [3.05, 3.63) is 0 Å². The van der Waals surface area contributed by atoms with Gasteiger partial charge in [-0.25, -0.2) is 0 Å². The topological polar surface area (TPSA) is 157 Å². The maximum atomic E-state index is 11.5. The van der Waals surface area contributed by atoms with Crippen LogP contribution >= 0.6 is 7.60 Å². The Hall–Kier alpha value is -0.540. The minimum Gasteiger partial charge on any atom is -0.394 e. The second-order valence-corrected chi connectivity index (χ2v) is 6.28. The third-order valence-electron chi connectivity index (χ3n) is 2.76. The van der Waals surface area contributed by atoms with Crippen molar-refractivity contribution < 1.29 is 39.2 Å². The average Bonchev–Trinajstić information content (AvgIpc) is 2.29. The molecule has 0 aliphatic carbocycles. The second-order valence-electron chi connectivity index (χ2n) is 4.42. The summed E-state index contributed by atoms with van der Waals surface area (Å²) in [5, 5.41) is 39.9. The van der Waals surface area contributed by atoms with E-state index in [2.05, 4.69) is 5.32 Å². The molecule has 0 aromatic carbocycles. The number of nitrogens with one attached hydrogen (secondary N) is 1. The van der Waals surface area contributed by atoms with E-state index in [4.69, 9.17) is 9.63 Å². The maximum absolute atomic E-state index is 11.5. The number of hydrogen-bond acceptors (Lipinski definition) is 7. The van der Waals surface area contributed by atoms with Gasteiger partial charge in [-0.2, -0.15) is 0 Å². The zero-order chi connectivity index (χ0) is 14.8. The van der Waals surface area contributed by atoms with E-state index in [0.29, 0.717) is 0 Å². The number of carbonyl (C=O) groups excluding carboxylic acids is 1. The predicted molar refractivity (Wildman–Crippen MR) is 62.3 cm³/mol. The Morgan fingerprint density at radius 1 is 1.53 bits per heavy atom. The van der Waals surface area contributed by atoms with Gasteiger partial charge >= 0.3 is 7.60 Å². The lowest BCUT2D eigenvalue weighted by Crippen LogP contribution is -2.61. The van der Waals surface area contributed by atoms with Crippen LogP contribution in [0.3, 0.4) is 0 Å². The van der Waals surface area contributed by atoms with E-state index in [-0.39, 0.29) is 0 Å². The zero-order valence-electron chi connectivity index (χ0n) is 10.2. The Morgan fingerprint density at radius 2 is 2.11 bits per heavy atom. The van der Waals surface area contributed by atoms with Gasteiger partial charge in [0.1, 0.15) is 18.3 Å². The summed E-state index contributed by atoms with van der Waals surface area (Å²) < 4.78 is 16.3. The molecule has 0 spiro atoms. The Kier molecular flexibility index (Phi) is 5.45. The van der Waals surface area contributed by atoms with Crippen LogP contribution in [0.2, 0.25) is 0 Å². The molecule has 9 nitrogen and oxygen atoms in total. The lowest BCUT2D eigenvalue weighted by atomic mass is 9.97. The van der Waals surface area contributed by atoms with Crippen molar-refractivity contribution in [2.75, 3.05) is 12.8 Å². The predicted octanol–water partition coefficient (Wildman–Crippen LogP) is -2.85. The summed E-state index contributed by atoms with van der Waals surface area (Å²) in [6.45, 7) is 0.353. The fraction of sp³-hybridized carbons (Fsp3) is 0.889. The van der Waals surface area contributed by atoms with Crippen LogP contribution in [0.1, 0.15) is 6.92 Å². The van der Waals surface area contributed by atoms with Gasteiger partial charge in [0.25, 0.3) is 0 Å². The second kappa shape index (κ2) is 6.27. The van der Waals surface area contributed by atoms with E-state index < -0.39 is 56.7 Å². The normalized spacial score (nSPS) is 38.5. The van der Waals surface area contributed by atoms with Crippen molar-refractivity contribution >= 4 is 13.5 Å². The van der Waals surface area contributed by atoms with Crippen LogP contribution in [-0.2, 0) is 13.9 Å². The van der Waals surface area contributed by atoms with E-state index >= 15 is 0 Å². The number of aliphatic hydroxyl groups is 4. The summed E-state index contributed by atoms with van der Waals surface area (Å²) in [4.78, 5) is 20.4. The molecule has 1 amide bonds. The summed E-state index contributed by atoms with van der Waals surface area (Å²) in [7, 11) is -4.14. The highest BCUT2D eigenvalue weighted by molar-refractivity contribution is 7.52. The molecule has 10 heteroatoms. The molecule has 0 aromatic heterocycles. The smallest absolute Gasteiger partial charge is 0.331 e. The average molecular weight is 299 g/mol. The number of amides is 1. The lowest BCUT2D eigenvalue weighted by molar-refractivity contribution is -0.127. The highest BCUT2D eigenvalue weighted by Gasteiger charge is 2.48. The molecule has 1 heterocycles. The van der Waals surface area contributed by atoms with Crippen LogP contribution < -0.4 is 5.32 Å². The fourth-order valence-electron chi connectivity index (χ4n) is 1.88. The van der Waals surface area contributed by atoms with E-state index in [0.717, 1.165) is 6.92 Å². The Morgan fingerprint density at radius 3 is 2.58 bits per heavy atom. The molecule has 1 aliphatic heterocycles. The van der Waals surface area contributed by atoms with Crippen LogP contribution in [0.25, 0.3) is 0 Å². The van der Waals surface area contributed by atoms with Crippen molar-refractivity contribution in [1.29, 1.82) is 0 Å². The van der Waals surface area contributed by atoms with Crippen LogP contribution in [0.4, 0.5) is 0 Å². The molecule has 1 rings (SSSR count). The highest BCUT2D eigenvalue weighted by atomic mass is 31.2. The first kappa shape index (κ1) is 16.5. The molecule has 0 aromatic rings. The number of rotatable bonds is 4. The van der Waals surface area contributed by atoms with Crippen LogP contribution in [-0.4, -0.2) is 74.5 Å². The molecule has 0 bridgehead atoms. The van der Waals surface area contributed by atoms with Gasteiger partial charge in [-0.1, -0.05) is 0 Å². The van der Waals surface area contributed by atoms with Gasteiger partial charge in [0.05, 0.1) is 24.9 Å². The minimum atomic E-state index is -4.14. The van der Waals surface area contributed by atoms with Crippen LogP contribution in [0, 0.1) is 0 Å². The first-order valence-electron chi connectivity index (χ1n) is 5.60. The quantitative estimate of drug-likeness (QED) is 0.303. The standard InChI is InChI=1S/C9H18NO8P/c1-4(12)10-7-6(14)3-19(16,17)18-9(7)8(15)5(13)2-11/h5-9,11,13-15H,2-3H2,1H3,(H,10,12)(H,16,17)/t5-,6-,7+,8+,9+/m0/s1. The molecular formula is C9H18NO8P. The molecular weight excluding hydrogens is 281 g/mol. The van der Waals surface area contributed by atoms with E-state index in [1.54, 1.807) is 0 Å². The molecule has 1 fully saturated rings. The Bertz CT molecular complexity index is 377. The fourth-order valence-corrected chi connectivity index (χ4v) is 3.30. The molecule has 6 N–H and O–H groups in total. The van der Waals surface area contributed by atoms with Gasteiger partial charge in [0.2, 0.25) is 5.91 Å². The molecule has 0 saturated carbocycles. The maximum Gasteiger partial charge on any atom is 0.331 e. The third-order valence-corrected chi connectivity index (χ3v) is 4.17. The summed E-state index contributed by atoms with van der Waals surface area (Å²) >= 11 is 0. The number of aliphatic hydroxyl groups excluding tert-OH is 4. The molecule has 6 atom stereocenters. The Balaban J connectivity index is 2.96. The Labute approximate surface area is 109 Å². The van der Waals surface area contributed by atoms with Crippen molar-refractivity contribution in [1.82, 2.24) is 5.32 Å². The van der Waals surface area contributed by atoms with E-state index in [1.165, 1.54) is 0 Å². The van der Waals surface area contributed by atoms with Gasteiger partial charge in [0, 0.05) is 6.92 Å². The summed E-state index contributed by atoms with van der Waals surface area (Å²) in [6.07, 6.45) is -6.90. The van der Waals surface area contributed by atoms with E-state index in [1.807, 2.05) is 0 Å². The number of carbonyl (C=O) groups is 1. The lowest BCUT2D eigenvalue weighted by Gasteiger charge is -2.40. The molecule has 1 saturated heterocycles. The largest absolute Gasteiger partial charge is 0.394 e. The van der Waals surface area contributed by atoms with E-state index in [9.17, 15) is 29.6 Å². The van der Waals surface area contributed by atoms with Gasteiger partial charge < -0.3 is 35.2 Å². The van der Waals surface area contributed by atoms with Gasteiger partial charge in [-0.05, 0) is 0 Å². The van der Waals surface area contributed by atoms with Crippen molar-refractivity contribution in [2.45, 2.75) is 37.4 Å². The first-order valence-corrected chi connectivity index (χ1v) is 7.36. The molecule has 1 unspecified atom stereocenters. The number of hydrogen-bond donors (Lipinski definition) is 6. The first-order chi connectivity index (χ1) is 8.68. The van der Waals surface area contributed by atoms with Gasteiger partial charge in [0.15, 0.2) is 0 Å². The molecule has 112 valence electrons. The summed E-state index contributed by atoms with van der Waals surface area (Å²) in [5.74, 6) is -0.544. The minimum absolute atomic E-state index is 0.544. The monoisotopic (exact) mass is 299 g/mol. The zero-order valence-corrected chi connectivity index (χ0v) is 11.1. The van der Waals surface area contributed by atoms with Crippen molar-refractivity contribution in [3.8, 4) is 0 Å². The molecule has 1 aliphatic rings. The van der Waals surface area contributed by atoms with Gasteiger partial charge in [-0.3, -0.25) is 9.36 Å². The van der Waals surface area contributed by atoms with Crippen LogP contribution in [0.5, 0.6) is 0 Å². The van der Waals surface area contributed by atoms with Crippen molar-refractivity contribution in [2.24, 2.45) is 0 Å². The SMILES string of the molecule is CC(=O)N[C@H]1[C@H]([C@H](O)[C@@H](O)CO)OP(=O)(O)C[C@@H]1O. The molecule has 19 heavy (non-hydrogen) atoms. The van der Waals surface area contributed by atoms with Gasteiger partial charge in [-0.15, -0.1) is 0 Å². The summed E-state index contributed by atoms with van der Waals surface area (Å²) in [5.41, 5.74) is 0. The molecule has 0 radical (unpaired) electrons.